The Morgan fingerprint density at radius 1 is 1.35 bits per heavy atom. The molecule has 0 aliphatic carbocycles. The van der Waals surface area contributed by atoms with Gasteiger partial charge in [-0.15, -0.1) is 0 Å². The van der Waals surface area contributed by atoms with E-state index < -0.39 is 22.1 Å². The summed E-state index contributed by atoms with van der Waals surface area (Å²) in [4.78, 5) is 31.6. The number of amides is 2. The number of nitrogens with two attached hydrogens (primary N) is 1. The number of nitriles is 1. The van der Waals surface area contributed by atoms with E-state index in [2.05, 4.69) is 6.07 Å². The summed E-state index contributed by atoms with van der Waals surface area (Å²) >= 11 is 0. The van der Waals surface area contributed by atoms with E-state index in [9.17, 15) is 23.3 Å². The van der Waals surface area contributed by atoms with Crippen LogP contribution in [0.1, 0.15) is 37.8 Å². The number of hydrogen-bond acceptors (Lipinski definition) is 7. The second-order valence-electron chi connectivity index (χ2n) is 9.57. The lowest BCUT2D eigenvalue weighted by Gasteiger charge is -2.38. The Morgan fingerprint density at radius 3 is 2.74 bits per heavy atom. The van der Waals surface area contributed by atoms with Gasteiger partial charge < -0.3 is 15.5 Å². The molecule has 0 unspecified atom stereocenters. The molecule has 1 aromatic carbocycles. The molecule has 2 bridgehead atoms. The first-order valence-corrected chi connectivity index (χ1v) is 13.0. The van der Waals surface area contributed by atoms with Gasteiger partial charge in [-0.3, -0.25) is 14.5 Å². The Labute approximate surface area is 200 Å². The zero-order valence-electron chi connectivity index (χ0n) is 19.8. The standard InChI is InChI=1S/C23H32N6O4S/c1-15(16-6-4-8-19(10-16)34(32,33)26(2)3)29-18-11-21(23(29)31)27(13-18)14-20(25)22(30)28-9-5-7-17(28)12-24/h4,6,8,10,15,17-18,20-21H,5,7,9,11,13-14,25H2,1-3H3/t15-,17+,18+,20+,21+/m1/s1. The predicted octanol–water partition coefficient (Wildman–Crippen LogP) is 0.125. The average Bonchev–Trinajstić information content (AvgIpc) is 3.52. The molecule has 3 heterocycles. The van der Waals surface area contributed by atoms with Crippen LogP contribution in [0.15, 0.2) is 29.2 Å². The largest absolute Gasteiger partial charge is 0.330 e. The summed E-state index contributed by atoms with van der Waals surface area (Å²) in [6.07, 6.45) is 2.13. The molecular formula is C23H32N6O4S. The van der Waals surface area contributed by atoms with Crippen LogP contribution in [0.2, 0.25) is 0 Å². The Kier molecular flexibility index (Phi) is 6.70. The fourth-order valence-electron chi connectivity index (χ4n) is 5.41. The molecule has 5 atom stereocenters. The van der Waals surface area contributed by atoms with E-state index in [0.717, 1.165) is 12.0 Å². The Bertz CT molecular complexity index is 1120. The number of carbonyl (C=O) groups is 2. The Morgan fingerprint density at radius 2 is 2.09 bits per heavy atom. The predicted molar refractivity (Wildman–Crippen MR) is 125 cm³/mol. The van der Waals surface area contributed by atoms with Crippen molar-refractivity contribution in [1.29, 1.82) is 5.26 Å². The SMILES string of the molecule is C[C@H](c1cccc(S(=O)(=O)N(C)C)c1)N1C(=O)[C@@H]2C[C@H]1CN2C[C@H](N)C(=O)N1CCC[C@H]1C#N. The van der Waals surface area contributed by atoms with E-state index in [4.69, 9.17) is 5.73 Å². The molecule has 3 saturated heterocycles. The maximum Gasteiger partial charge on any atom is 0.242 e. The van der Waals surface area contributed by atoms with Gasteiger partial charge in [0.1, 0.15) is 6.04 Å². The van der Waals surface area contributed by atoms with Gasteiger partial charge >= 0.3 is 0 Å². The highest BCUT2D eigenvalue weighted by Gasteiger charge is 2.51. The normalized spacial score (nSPS) is 26.8. The van der Waals surface area contributed by atoms with Crippen molar-refractivity contribution in [1.82, 2.24) is 19.0 Å². The monoisotopic (exact) mass is 488 g/mol. The molecule has 0 saturated carbocycles. The molecule has 0 spiro atoms. The Balaban J connectivity index is 1.43. The molecule has 0 aromatic heterocycles. The summed E-state index contributed by atoms with van der Waals surface area (Å²) in [6.45, 7) is 3.34. The second-order valence-corrected chi connectivity index (χ2v) is 11.7. The molecule has 4 rings (SSSR count). The third kappa shape index (κ3) is 4.20. The van der Waals surface area contributed by atoms with Crippen molar-refractivity contribution < 1.29 is 18.0 Å². The van der Waals surface area contributed by atoms with Gasteiger partial charge in [0.2, 0.25) is 21.8 Å². The zero-order valence-corrected chi connectivity index (χ0v) is 20.6. The summed E-state index contributed by atoms with van der Waals surface area (Å²) in [5, 5.41) is 9.25. The van der Waals surface area contributed by atoms with E-state index in [0.29, 0.717) is 25.9 Å². The molecule has 34 heavy (non-hydrogen) atoms. The lowest BCUT2D eigenvalue weighted by atomic mass is 10.1. The first-order valence-electron chi connectivity index (χ1n) is 11.6. The van der Waals surface area contributed by atoms with E-state index in [-0.39, 0.29) is 41.4 Å². The third-order valence-corrected chi connectivity index (χ3v) is 9.10. The van der Waals surface area contributed by atoms with Crippen molar-refractivity contribution >= 4 is 21.8 Å². The van der Waals surface area contributed by atoms with Crippen LogP contribution < -0.4 is 5.73 Å². The van der Waals surface area contributed by atoms with Crippen molar-refractivity contribution in [2.24, 2.45) is 5.73 Å². The highest BCUT2D eigenvalue weighted by Crippen LogP contribution is 2.38. The van der Waals surface area contributed by atoms with Gasteiger partial charge in [0.05, 0.1) is 29.1 Å². The smallest absolute Gasteiger partial charge is 0.242 e. The topological polar surface area (TPSA) is 131 Å². The molecule has 3 fully saturated rings. The minimum Gasteiger partial charge on any atom is -0.330 e. The zero-order chi connectivity index (χ0) is 24.8. The summed E-state index contributed by atoms with van der Waals surface area (Å²) < 4.78 is 26.2. The number of hydrogen-bond donors (Lipinski definition) is 1. The number of rotatable bonds is 7. The van der Waals surface area contributed by atoms with E-state index in [1.54, 1.807) is 23.1 Å². The van der Waals surface area contributed by atoms with Crippen LogP contribution in [0, 0.1) is 11.3 Å². The summed E-state index contributed by atoms with van der Waals surface area (Å²) in [5.41, 5.74) is 6.97. The fraction of sp³-hybridized carbons (Fsp3) is 0.609. The van der Waals surface area contributed by atoms with Crippen LogP contribution >= 0.6 is 0 Å². The van der Waals surface area contributed by atoms with E-state index >= 15 is 0 Å². The van der Waals surface area contributed by atoms with Crippen LogP contribution in [0.5, 0.6) is 0 Å². The summed E-state index contributed by atoms with van der Waals surface area (Å²) in [7, 11) is -0.595. The summed E-state index contributed by atoms with van der Waals surface area (Å²) in [5.74, 6) is -0.260. The van der Waals surface area contributed by atoms with Gasteiger partial charge in [-0.1, -0.05) is 12.1 Å². The molecular weight excluding hydrogens is 456 g/mol. The highest BCUT2D eigenvalue weighted by atomic mass is 32.2. The number of nitrogens with zero attached hydrogens (tertiary/aromatic N) is 5. The van der Waals surface area contributed by atoms with Crippen molar-refractivity contribution in [2.45, 2.75) is 61.3 Å². The van der Waals surface area contributed by atoms with Gasteiger partial charge in [-0.25, -0.2) is 12.7 Å². The van der Waals surface area contributed by atoms with Crippen LogP contribution in [0.4, 0.5) is 0 Å². The summed E-state index contributed by atoms with van der Waals surface area (Å²) in [6, 6.07) is 7.05. The maximum absolute atomic E-state index is 13.3. The molecule has 1 aromatic rings. The highest BCUT2D eigenvalue weighted by molar-refractivity contribution is 7.89. The number of likely N-dealkylation sites (tertiary alicyclic amines) is 3. The lowest BCUT2D eigenvalue weighted by Crippen LogP contribution is -2.56. The van der Waals surface area contributed by atoms with Crippen LogP contribution in [-0.2, 0) is 19.6 Å². The van der Waals surface area contributed by atoms with Crippen molar-refractivity contribution in [2.75, 3.05) is 33.7 Å². The third-order valence-electron chi connectivity index (χ3n) is 7.28. The number of fused-ring (bicyclic) bond motifs is 2. The average molecular weight is 489 g/mol. The van der Waals surface area contributed by atoms with Gasteiger partial charge in [0, 0.05) is 39.8 Å². The van der Waals surface area contributed by atoms with E-state index in [1.807, 2.05) is 22.8 Å². The number of sulfonamides is 1. The minimum absolute atomic E-state index is 0.0254. The van der Waals surface area contributed by atoms with E-state index in [1.165, 1.54) is 18.4 Å². The lowest BCUT2D eigenvalue weighted by molar-refractivity contribution is -0.141. The van der Waals surface area contributed by atoms with Crippen molar-refractivity contribution in [3.63, 3.8) is 0 Å². The Hall–Kier alpha value is -2.52. The minimum atomic E-state index is -3.57. The maximum atomic E-state index is 13.3. The molecule has 2 N–H and O–H groups in total. The molecule has 3 aliphatic heterocycles. The van der Waals surface area contributed by atoms with Gasteiger partial charge in [-0.05, 0) is 43.9 Å². The van der Waals surface area contributed by atoms with Gasteiger partial charge in [-0.2, -0.15) is 5.26 Å². The van der Waals surface area contributed by atoms with Crippen LogP contribution in [0.25, 0.3) is 0 Å². The van der Waals surface area contributed by atoms with Gasteiger partial charge in [0.25, 0.3) is 0 Å². The van der Waals surface area contributed by atoms with Crippen molar-refractivity contribution in [3.8, 4) is 6.07 Å². The number of carbonyl (C=O) groups excluding carboxylic acids is 2. The molecule has 184 valence electrons. The first kappa shape index (κ1) is 24.6. The molecule has 0 radical (unpaired) electrons. The number of benzene rings is 1. The van der Waals surface area contributed by atoms with Crippen LogP contribution in [0.3, 0.4) is 0 Å². The van der Waals surface area contributed by atoms with Gasteiger partial charge in [0.15, 0.2) is 0 Å². The molecule has 10 nitrogen and oxygen atoms in total. The van der Waals surface area contributed by atoms with Crippen molar-refractivity contribution in [3.05, 3.63) is 29.8 Å². The second kappa shape index (κ2) is 9.26. The fourth-order valence-corrected chi connectivity index (χ4v) is 6.37. The molecule has 3 aliphatic rings. The van der Waals surface area contributed by atoms with Crippen LogP contribution in [-0.4, -0.2) is 97.1 Å². The first-order chi connectivity index (χ1) is 16.1. The number of piperazine rings is 1. The molecule has 2 amide bonds. The molecule has 11 heteroatoms. The quantitative estimate of drug-likeness (QED) is 0.577.